The maximum atomic E-state index is 14.7. The number of aliphatic hydroxyl groups is 1. The standard InChI is InChI=1S/C21H28FN7O/c1-3-18(22)17(16-9-26-28(2)11-16)6-15-8-25-27-21(15)19-7-20(24-13-23-19)29-5-4-14(10-29)12-30/h3,7,11,13-15,25-26,30H,1,4-6,8-10,12H2,2H3/b18-17-/t14-,15+/m1/s1. The van der Waals surface area contributed by atoms with Crippen LogP contribution >= 0.6 is 0 Å². The number of hydrazone groups is 1. The Morgan fingerprint density at radius 3 is 3.00 bits per heavy atom. The molecule has 0 aromatic carbocycles. The maximum Gasteiger partial charge on any atom is 0.132 e. The second-order valence-corrected chi connectivity index (χ2v) is 7.94. The Morgan fingerprint density at radius 1 is 1.43 bits per heavy atom. The van der Waals surface area contributed by atoms with Gasteiger partial charge >= 0.3 is 0 Å². The molecule has 1 fully saturated rings. The fraction of sp³-hybridized carbons (Fsp3) is 0.476. The lowest BCUT2D eigenvalue weighted by atomic mass is 9.89. The zero-order chi connectivity index (χ0) is 21.1. The minimum Gasteiger partial charge on any atom is -0.396 e. The topological polar surface area (TPSA) is 88.9 Å². The highest BCUT2D eigenvalue weighted by atomic mass is 19.1. The van der Waals surface area contributed by atoms with Crippen molar-refractivity contribution in [3.63, 3.8) is 0 Å². The van der Waals surface area contributed by atoms with Crippen molar-refractivity contribution >= 4 is 11.5 Å². The molecule has 1 aromatic heterocycles. The summed E-state index contributed by atoms with van der Waals surface area (Å²) in [7, 11) is 1.89. The van der Waals surface area contributed by atoms with Gasteiger partial charge in [-0.15, -0.1) is 0 Å². The number of hydrogen-bond acceptors (Lipinski definition) is 8. The molecule has 0 saturated carbocycles. The van der Waals surface area contributed by atoms with E-state index < -0.39 is 0 Å². The Hall–Kier alpha value is -2.78. The van der Waals surface area contributed by atoms with Crippen molar-refractivity contribution in [2.75, 3.05) is 44.7 Å². The summed E-state index contributed by atoms with van der Waals surface area (Å²) in [6, 6.07) is 1.94. The van der Waals surface area contributed by atoms with Crippen molar-refractivity contribution in [2.45, 2.75) is 12.8 Å². The van der Waals surface area contributed by atoms with E-state index >= 15 is 0 Å². The molecule has 4 rings (SSSR count). The third-order valence-corrected chi connectivity index (χ3v) is 5.88. The molecule has 0 unspecified atom stereocenters. The third-order valence-electron chi connectivity index (χ3n) is 5.88. The van der Waals surface area contributed by atoms with Crippen LogP contribution < -0.4 is 15.8 Å². The molecule has 0 bridgehead atoms. The molecular formula is C21H28FN7O. The van der Waals surface area contributed by atoms with Gasteiger partial charge < -0.3 is 20.4 Å². The normalized spacial score (nSPS) is 24.5. The maximum absolute atomic E-state index is 14.7. The fourth-order valence-electron chi connectivity index (χ4n) is 4.19. The molecule has 8 nitrogen and oxygen atoms in total. The Kier molecular flexibility index (Phi) is 6.10. The van der Waals surface area contributed by atoms with Crippen molar-refractivity contribution < 1.29 is 9.50 Å². The Balaban J connectivity index is 1.55. The molecule has 3 aliphatic heterocycles. The monoisotopic (exact) mass is 413 g/mol. The smallest absolute Gasteiger partial charge is 0.132 e. The number of nitrogens with one attached hydrogen (secondary N) is 2. The van der Waals surface area contributed by atoms with Crippen LogP contribution in [0.2, 0.25) is 0 Å². The van der Waals surface area contributed by atoms with Crippen molar-refractivity contribution in [3.05, 3.63) is 53.9 Å². The summed E-state index contributed by atoms with van der Waals surface area (Å²) in [5.74, 6) is 0.799. The minimum atomic E-state index is -0.305. The number of allylic oxidation sites excluding steroid dienone is 2. The highest BCUT2D eigenvalue weighted by molar-refractivity contribution is 6.02. The molecule has 9 heteroatoms. The van der Waals surface area contributed by atoms with Gasteiger partial charge in [0.2, 0.25) is 0 Å². The molecule has 3 aliphatic rings. The van der Waals surface area contributed by atoms with Crippen LogP contribution in [0.15, 0.2) is 53.3 Å². The van der Waals surface area contributed by atoms with E-state index in [1.54, 1.807) is 6.33 Å². The molecule has 0 spiro atoms. The van der Waals surface area contributed by atoms with E-state index in [9.17, 15) is 9.50 Å². The third kappa shape index (κ3) is 4.22. The van der Waals surface area contributed by atoms with Crippen LogP contribution in [0.25, 0.3) is 0 Å². The van der Waals surface area contributed by atoms with Crippen LogP contribution in [-0.2, 0) is 0 Å². The summed E-state index contributed by atoms with van der Waals surface area (Å²) in [5, 5.41) is 15.7. The second kappa shape index (κ2) is 8.93. The van der Waals surface area contributed by atoms with E-state index in [1.165, 1.54) is 6.08 Å². The van der Waals surface area contributed by atoms with Crippen LogP contribution in [0, 0.1) is 11.8 Å². The first-order valence-corrected chi connectivity index (χ1v) is 10.3. The van der Waals surface area contributed by atoms with E-state index in [0.29, 0.717) is 25.1 Å². The molecule has 4 heterocycles. The lowest BCUT2D eigenvalue weighted by molar-refractivity contribution is 0.238. The number of hydrazine groups is 1. The summed E-state index contributed by atoms with van der Waals surface area (Å²) < 4.78 is 14.7. The van der Waals surface area contributed by atoms with Crippen LogP contribution in [0.3, 0.4) is 0 Å². The lowest BCUT2D eigenvalue weighted by Crippen LogP contribution is -2.24. The largest absolute Gasteiger partial charge is 0.396 e. The first-order chi connectivity index (χ1) is 14.6. The van der Waals surface area contributed by atoms with Gasteiger partial charge in [-0.05, 0) is 30.1 Å². The van der Waals surface area contributed by atoms with Gasteiger partial charge in [0.1, 0.15) is 18.0 Å². The van der Waals surface area contributed by atoms with Gasteiger partial charge in [0.25, 0.3) is 0 Å². The molecule has 30 heavy (non-hydrogen) atoms. The van der Waals surface area contributed by atoms with Crippen molar-refractivity contribution in [1.82, 2.24) is 25.8 Å². The highest BCUT2D eigenvalue weighted by Gasteiger charge is 2.29. The number of rotatable bonds is 7. The molecule has 1 saturated heterocycles. The van der Waals surface area contributed by atoms with Crippen LogP contribution in [0.5, 0.6) is 0 Å². The molecule has 2 atom stereocenters. The average molecular weight is 414 g/mol. The molecule has 0 amide bonds. The van der Waals surface area contributed by atoms with Crippen LogP contribution in [-0.4, -0.2) is 65.6 Å². The highest BCUT2D eigenvalue weighted by Crippen LogP contribution is 2.30. The summed E-state index contributed by atoms with van der Waals surface area (Å²) in [6.45, 7) is 6.65. The predicted molar refractivity (Wildman–Crippen MR) is 114 cm³/mol. The second-order valence-electron chi connectivity index (χ2n) is 7.94. The van der Waals surface area contributed by atoms with Gasteiger partial charge in [-0.3, -0.25) is 0 Å². The van der Waals surface area contributed by atoms with Gasteiger partial charge in [0.05, 0.1) is 11.4 Å². The zero-order valence-electron chi connectivity index (χ0n) is 17.2. The van der Waals surface area contributed by atoms with E-state index in [1.807, 2.05) is 24.3 Å². The van der Waals surface area contributed by atoms with E-state index in [4.69, 9.17) is 0 Å². The van der Waals surface area contributed by atoms with E-state index in [2.05, 4.69) is 37.4 Å². The van der Waals surface area contributed by atoms with Crippen molar-refractivity contribution in [3.8, 4) is 0 Å². The lowest BCUT2D eigenvalue weighted by Gasteiger charge is -2.19. The quantitative estimate of drug-likeness (QED) is 0.582. The first-order valence-electron chi connectivity index (χ1n) is 10.3. The number of nitrogens with zero attached hydrogens (tertiary/aromatic N) is 5. The summed E-state index contributed by atoms with van der Waals surface area (Å²) in [4.78, 5) is 11.0. The summed E-state index contributed by atoms with van der Waals surface area (Å²) >= 11 is 0. The molecule has 1 aromatic rings. The van der Waals surface area contributed by atoms with E-state index in [-0.39, 0.29) is 24.3 Å². The Labute approximate surface area is 175 Å². The Bertz CT molecular complexity index is 897. The van der Waals surface area contributed by atoms with Crippen molar-refractivity contribution in [1.29, 1.82) is 0 Å². The molecule has 0 aliphatic carbocycles. The fourth-order valence-corrected chi connectivity index (χ4v) is 4.19. The molecule has 160 valence electrons. The van der Waals surface area contributed by atoms with Crippen LogP contribution in [0.4, 0.5) is 10.2 Å². The number of aromatic nitrogens is 2. The van der Waals surface area contributed by atoms with Gasteiger partial charge in [-0.25, -0.2) is 19.8 Å². The predicted octanol–water partition coefficient (Wildman–Crippen LogP) is 1.35. The molecule has 3 N–H and O–H groups in total. The summed E-state index contributed by atoms with van der Waals surface area (Å²) in [5.41, 5.74) is 9.32. The number of anilines is 1. The molecular weight excluding hydrogens is 385 g/mol. The van der Waals surface area contributed by atoms with E-state index in [0.717, 1.165) is 42.3 Å². The number of aliphatic hydroxyl groups excluding tert-OH is 1. The van der Waals surface area contributed by atoms with Crippen LogP contribution in [0.1, 0.15) is 18.5 Å². The SMILES string of the molecule is C=C/C(F)=C(\C[C@H]1CNN=C1c1cc(N2CC[C@@H](CO)C2)ncn1)C1=CN(C)NC1. The van der Waals surface area contributed by atoms with Gasteiger partial charge in [0.15, 0.2) is 0 Å². The number of halogens is 1. The number of hydrogen-bond donors (Lipinski definition) is 3. The van der Waals surface area contributed by atoms with Gasteiger partial charge in [0, 0.05) is 63.9 Å². The summed E-state index contributed by atoms with van der Waals surface area (Å²) in [6.07, 6.45) is 6.18. The minimum absolute atomic E-state index is 0.0102. The zero-order valence-corrected chi connectivity index (χ0v) is 17.2. The Morgan fingerprint density at radius 2 is 2.30 bits per heavy atom. The van der Waals surface area contributed by atoms with Crippen molar-refractivity contribution in [2.24, 2.45) is 16.9 Å². The average Bonchev–Trinajstić information content (AvgIpc) is 3.52. The van der Waals surface area contributed by atoms with Gasteiger partial charge in [-0.1, -0.05) is 6.58 Å². The van der Waals surface area contributed by atoms with Gasteiger partial charge in [-0.2, -0.15) is 5.10 Å². The molecule has 0 radical (unpaired) electrons. The first kappa shape index (κ1) is 20.5.